The molecule has 7 heteroatoms. The van der Waals surface area contributed by atoms with Gasteiger partial charge >= 0.3 is 0 Å². The van der Waals surface area contributed by atoms with Crippen molar-refractivity contribution >= 4 is 27.3 Å². The van der Waals surface area contributed by atoms with E-state index in [0.717, 1.165) is 24.0 Å². The molecule has 3 rings (SSSR count). The number of nitrogens with one attached hydrogen (secondary N) is 1. The van der Waals surface area contributed by atoms with E-state index in [1.165, 1.54) is 18.2 Å². The van der Waals surface area contributed by atoms with E-state index in [4.69, 9.17) is 17.3 Å². The number of fused-ring (bicyclic) bond motifs is 1. The summed E-state index contributed by atoms with van der Waals surface area (Å²) < 4.78 is 41.7. The molecule has 0 saturated carbocycles. The highest BCUT2D eigenvalue weighted by Crippen LogP contribution is 2.32. The lowest BCUT2D eigenvalue weighted by Gasteiger charge is -2.26. The van der Waals surface area contributed by atoms with Crippen molar-refractivity contribution in [2.45, 2.75) is 30.2 Å². The lowest BCUT2D eigenvalue weighted by Crippen LogP contribution is -2.31. The maximum Gasteiger partial charge on any atom is 0.244 e. The van der Waals surface area contributed by atoms with Gasteiger partial charge < -0.3 is 5.73 Å². The summed E-state index contributed by atoms with van der Waals surface area (Å²) in [6, 6.07) is 8.95. The first-order valence-electron chi connectivity index (χ1n) is 7.23. The van der Waals surface area contributed by atoms with Crippen LogP contribution >= 0.6 is 11.6 Å². The minimum absolute atomic E-state index is 0.218. The topological polar surface area (TPSA) is 72.2 Å². The van der Waals surface area contributed by atoms with Crippen molar-refractivity contribution in [2.75, 3.05) is 5.73 Å². The number of anilines is 1. The molecule has 2 aromatic rings. The second kappa shape index (κ2) is 6.11. The van der Waals surface area contributed by atoms with Crippen molar-refractivity contribution in [3.8, 4) is 0 Å². The lowest BCUT2D eigenvalue weighted by atomic mass is 9.88. The van der Waals surface area contributed by atoms with Gasteiger partial charge in [-0.15, -0.1) is 0 Å². The van der Waals surface area contributed by atoms with Crippen LogP contribution in [0.5, 0.6) is 0 Å². The quantitative estimate of drug-likeness (QED) is 0.829. The molecular formula is C16H16ClFN2O2S. The molecule has 0 fully saturated rings. The SMILES string of the molecule is Nc1ccc2c(c1)CCCC2NS(=O)(=O)c1cccc(Cl)c1F. The van der Waals surface area contributed by atoms with Crippen molar-refractivity contribution in [2.24, 2.45) is 0 Å². The monoisotopic (exact) mass is 354 g/mol. The molecule has 0 aliphatic heterocycles. The van der Waals surface area contributed by atoms with Crippen LogP contribution < -0.4 is 10.5 Å². The summed E-state index contributed by atoms with van der Waals surface area (Å²) in [4.78, 5) is -0.437. The van der Waals surface area contributed by atoms with E-state index in [1.54, 1.807) is 6.07 Å². The minimum atomic E-state index is -4.01. The zero-order valence-electron chi connectivity index (χ0n) is 12.2. The van der Waals surface area contributed by atoms with E-state index in [1.807, 2.05) is 12.1 Å². The van der Waals surface area contributed by atoms with E-state index in [0.29, 0.717) is 12.1 Å². The Hall–Kier alpha value is -1.63. The zero-order valence-corrected chi connectivity index (χ0v) is 13.8. The summed E-state index contributed by atoms with van der Waals surface area (Å²) >= 11 is 5.68. The standard InChI is InChI=1S/C16H16ClFN2O2S/c17-13-4-2-6-15(16(13)18)23(21,22)20-14-5-1-3-10-9-11(19)7-8-12(10)14/h2,4,6-9,14,20H,1,3,5,19H2. The van der Waals surface area contributed by atoms with Crippen molar-refractivity contribution < 1.29 is 12.8 Å². The van der Waals surface area contributed by atoms with Crippen LogP contribution in [-0.2, 0) is 16.4 Å². The molecule has 4 nitrogen and oxygen atoms in total. The van der Waals surface area contributed by atoms with Gasteiger partial charge in [-0.25, -0.2) is 17.5 Å². The van der Waals surface area contributed by atoms with Crippen LogP contribution in [0.25, 0.3) is 0 Å². The molecule has 0 saturated heterocycles. The number of hydrogen-bond donors (Lipinski definition) is 2. The molecule has 122 valence electrons. The molecule has 0 amide bonds. The normalized spacial score (nSPS) is 17.7. The van der Waals surface area contributed by atoms with Gasteiger partial charge in [0.05, 0.1) is 5.02 Å². The molecule has 3 N–H and O–H groups in total. The van der Waals surface area contributed by atoms with E-state index >= 15 is 0 Å². The Kier molecular flexibility index (Phi) is 4.31. The molecule has 0 aromatic heterocycles. The van der Waals surface area contributed by atoms with E-state index in [-0.39, 0.29) is 5.02 Å². The largest absolute Gasteiger partial charge is 0.399 e. The molecule has 1 unspecified atom stereocenters. The number of benzene rings is 2. The molecular weight excluding hydrogens is 339 g/mol. The van der Waals surface area contributed by atoms with Gasteiger partial charge in [0.25, 0.3) is 0 Å². The highest BCUT2D eigenvalue weighted by atomic mass is 35.5. The highest BCUT2D eigenvalue weighted by Gasteiger charge is 2.28. The van der Waals surface area contributed by atoms with Crippen molar-refractivity contribution in [1.29, 1.82) is 0 Å². The van der Waals surface area contributed by atoms with Gasteiger partial charge in [0.15, 0.2) is 5.82 Å². The van der Waals surface area contributed by atoms with Crippen molar-refractivity contribution in [3.63, 3.8) is 0 Å². The Labute approximate surface area is 139 Å². The molecule has 0 bridgehead atoms. The van der Waals surface area contributed by atoms with Gasteiger partial charge in [0.1, 0.15) is 4.90 Å². The van der Waals surface area contributed by atoms with E-state index in [9.17, 15) is 12.8 Å². The van der Waals surface area contributed by atoms with Gasteiger partial charge in [-0.05, 0) is 54.7 Å². The number of halogens is 2. The van der Waals surface area contributed by atoms with Crippen molar-refractivity contribution in [3.05, 3.63) is 58.4 Å². The predicted octanol–water partition coefficient (Wildman–Crippen LogP) is 3.42. The first-order valence-corrected chi connectivity index (χ1v) is 9.09. The number of hydrogen-bond acceptors (Lipinski definition) is 3. The number of rotatable bonds is 3. The van der Waals surface area contributed by atoms with Gasteiger partial charge in [-0.3, -0.25) is 0 Å². The molecule has 0 heterocycles. The third-order valence-corrected chi connectivity index (χ3v) is 5.77. The van der Waals surface area contributed by atoms with Crippen LogP contribution in [0.2, 0.25) is 5.02 Å². The van der Waals surface area contributed by atoms with E-state index in [2.05, 4.69) is 4.72 Å². The Bertz CT molecular complexity index is 855. The first-order chi connectivity index (χ1) is 10.9. The fraction of sp³-hybridized carbons (Fsp3) is 0.250. The predicted molar refractivity (Wildman–Crippen MR) is 88.3 cm³/mol. The smallest absolute Gasteiger partial charge is 0.244 e. The highest BCUT2D eigenvalue weighted by molar-refractivity contribution is 7.89. The molecule has 0 radical (unpaired) electrons. The molecule has 1 aliphatic carbocycles. The summed E-state index contributed by atoms with van der Waals surface area (Å²) in [7, 11) is -4.01. The minimum Gasteiger partial charge on any atom is -0.399 e. The van der Waals surface area contributed by atoms with Gasteiger partial charge in [-0.2, -0.15) is 0 Å². The lowest BCUT2D eigenvalue weighted by molar-refractivity contribution is 0.502. The summed E-state index contributed by atoms with van der Waals surface area (Å²) in [5, 5.41) is -0.218. The summed E-state index contributed by atoms with van der Waals surface area (Å²) in [5.74, 6) is -0.935. The Morgan fingerprint density at radius 2 is 2.04 bits per heavy atom. The van der Waals surface area contributed by atoms with Crippen LogP contribution in [0, 0.1) is 5.82 Å². The summed E-state index contributed by atoms with van der Waals surface area (Å²) in [6.45, 7) is 0. The second-order valence-corrected chi connectivity index (χ2v) is 7.67. The fourth-order valence-corrected chi connectivity index (χ4v) is 4.48. The maximum atomic E-state index is 14.0. The van der Waals surface area contributed by atoms with Crippen LogP contribution in [0.1, 0.15) is 30.0 Å². The third kappa shape index (κ3) is 3.20. The molecule has 2 aromatic carbocycles. The van der Waals surface area contributed by atoms with Crippen molar-refractivity contribution in [1.82, 2.24) is 4.72 Å². The first kappa shape index (κ1) is 16.2. The number of aryl methyl sites for hydroxylation is 1. The maximum absolute atomic E-state index is 14.0. The Balaban J connectivity index is 1.95. The molecule has 1 aliphatic rings. The molecule has 1 atom stereocenters. The van der Waals surface area contributed by atoms with Crippen LogP contribution in [-0.4, -0.2) is 8.42 Å². The average molecular weight is 355 g/mol. The van der Waals surface area contributed by atoms with Crippen LogP contribution in [0.15, 0.2) is 41.3 Å². The molecule has 23 heavy (non-hydrogen) atoms. The summed E-state index contributed by atoms with van der Waals surface area (Å²) in [6.07, 6.45) is 2.34. The van der Waals surface area contributed by atoms with Crippen LogP contribution in [0.4, 0.5) is 10.1 Å². The van der Waals surface area contributed by atoms with E-state index < -0.39 is 26.8 Å². The number of nitrogen functional groups attached to an aromatic ring is 1. The van der Waals surface area contributed by atoms with Gasteiger partial charge in [0, 0.05) is 11.7 Å². The summed E-state index contributed by atoms with van der Waals surface area (Å²) in [5.41, 5.74) is 8.33. The fourth-order valence-electron chi connectivity index (χ4n) is 2.90. The third-order valence-electron chi connectivity index (χ3n) is 3.98. The number of nitrogens with two attached hydrogens (primary N) is 1. The Morgan fingerprint density at radius 1 is 1.26 bits per heavy atom. The zero-order chi connectivity index (χ0) is 16.6. The molecule has 0 spiro atoms. The average Bonchev–Trinajstić information content (AvgIpc) is 2.49. The van der Waals surface area contributed by atoms with Crippen LogP contribution in [0.3, 0.4) is 0 Å². The Morgan fingerprint density at radius 3 is 2.83 bits per heavy atom. The second-order valence-electron chi connectivity index (χ2n) is 5.58. The van der Waals surface area contributed by atoms with Gasteiger partial charge in [0.2, 0.25) is 10.0 Å². The number of sulfonamides is 1. The van der Waals surface area contributed by atoms with Gasteiger partial charge in [-0.1, -0.05) is 23.7 Å².